The average molecular weight is 431 g/mol. The second kappa shape index (κ2) is 9.82. The molecule has 5 nitrogen and oxygen atoms in total. The molecule has 0 atom stereocenters. The lowest BCUT2D eigenvalue weighted by Crippen LogP contribution is -3.00. The maximum atomic E-state index is 5.49. The molecule has 0 fully saturated rings. The number of halogens is 1. The fourth-order valence-corrected chi connectivity index (χ4v) is 5.27. The van der Waals surface area contributed by atoms with Gasteiger partial charge in [-0.3, -0.25) is 4.58 Å². The van der Waals surface area contributed by atoms with Crippen LogP contribution in [-0.2, 0) is 13.3 Å². The number of rotatable bonds is 8. The Labute approximate surface area is 163 Å². The van der Waals surface area contributed by atoms with Gasteiger partial charge in [0.05, 0.1) is 6.54 Å². The molecule has 7 heteroatoms. The summed E-state index contributed by atoms with van der Waals surface area (Å²) >= 11 is 0. The van der Waals surface area contributed by atoms with Gasteiger partial charge in [0.2, 0.25) is 6.34 Å². The second-order valence-corrected chi connectivity index (χ2v) is 9.58. The molecule has 0 saturated carbocycles. The third kappa shape index (κ3) is 5.37. The molecule has 0 bridgehead atoms. The van der Waals surface area contributed by atoms with E-state index in [0.29, 0.717) is 0 Å². The summed E-state index contributed by atoms with van der Waals surface area (Å²) in [5.74, 6) is 0. The Bertz CT molecular complexity index is 575. The van der Waals surface area contributed by atoms with Crippen molar-refractivity contribution in [2.75, 3.05) is 45.9 Å². The molecule has 0 aliphatic carbocycles. The van der Waals surface area contributed by atoms with E-state index in [1.54, 1.807) is 21.3 Å². The first-order valence-electron chi connectivity index (χ1n) is 8.53. The lowest BCUT2D eigenvalue weighted by molar-refractivity contribution is -0.513. The van der Waals surface area contributed by atoms with E-state index in [1.807, 2.05) is 0 Å². The third-order valence-corrected chi connectivity index (χ3v) is 7.55. The van der Waals surface area contributed by atoms with Crippen LogP contribution in [0.25, 0.3) is 0 Å². The topological polar surface area (TPSA) is 33.9 Å². The van der Waals surface area contributed by atoms with Crippen LogP contribution in [0.5, 0.6) is 0 Å². The number of benzene rings is 1. The molecule has 0 N–H and O–H groups in total. The molecule has 2 rings (SSSR count). The molecule has 1 aliphatic rings. The van der Waals surface area contributed by atoms with E-state index < -0.39 is 8.80 Å². The van der Waals surface area contributed by atoms with Crippen molar-refractivity contribution in [1.82, 2.24) is 0 Å². The summed E-state index contributed by atoms with van der Waals surface area (Å²) in [5, 5.41) is 0. The van der Waals surface area contributed by atoms with Crippen molar-refractivity contribution in [3.63, 3.8) is 0 Å². The fourth-order valence-electron chi connectivity index (χ4n) is 3.57. The summed E-state index contributed by atoms with van der Waals surface area (Å²) in [6.45, 7) is 9.62. The Morgan fingerprint density at radius 1 is 1.04 bits per heavy atom. The number of aryl methyl sites for hydroxylation is 3. The highest BCUT2D eigenvalue weighted by molar-refractivity contribution is 6.60. The first-order chi connectivity index (χ1) is 11.4. The van der Waals surface area contributed by atoms with E-state index in [1.165, 1.54) is 22.4 Å². The number of hydrogen-bond acceptors (Lipinski definition) is 4. The zero-order chi connectivity index (χ0) is 17.7. The van der Waals surface area contributed by atoms with Crippen molar-refractivity contribution in [1.29, 1.82) is 0 Å². The van der Waals surface area contributed by atoms with E-state index in [4.69, 9.17) is 13.3 Å². The van der Waals surface area contributed by atoms with Gasteiger partial charge in [-0.05, 0) is 38.3 Å². The zero-order valence-corrected chi connectivity index (χ0v) is 18.9. The molecule has 1 aromatic rings. The summed E-state index contributed by atoms with van der Waals surface area (Å²) in [6.07, 6.45) is 3.25. The van der Waals surface area contributed by atoms with Crippen molar-refractivity contribution in [3.05, 3.63) is 28.8 Å². The molecule has 25 heavy (non-hydrogen) atoms. The summed E-state index contributed by atoms with van der Waals surface area (Å²) in [4.78, 5) is 2.37. The Hall–Kier alpha value is -0.733. The van der Waals surface area contributed by atoms with Crippen LogP contribution in [0.3, 0.4) is 0 Å². The van der Waals surface area contributed by atoms with E-state index in [-0.39, 0.29) is 17.0 Å². The summed E-state index contributed by atoms with van der Waals surface area (Å²) < 4.78 is 18.8. The molecule has 142 valence electrons. The minimum absolute atomic E-state index is 0. The summed E-state index contributed by atoms with van der Waals surface area (Å²) in [7, 11) is 2.57. The summed E-state index contributed by atoms with van der Waals surface area (Å²) in [5.41, 5.74) is 5.35. The Morgan fingerprint density at radius 3 is 2.12 bits per heavy atom. The van der Waals surface area contributed by atoms with Gasteiger partial charge in [-0.1, -0.05) is 17.7 Å². The maximum Gasteiger partial charge on any atom is 0.500 e. The van der Waals surface area contributed by atoms with Gasteiger partial charge in [0, 0.05) is 27.4 Å². The molecule has 1 aromatic carbocycles. The van der Waals surface area contributed by atoms with E-state index in [2.05, 4.69) is 48.7 Å². The smallest absolute Gasteiger partial charge is 0.500 e. The normalized spacial score (nSPS) is 14.5. The van der Waals surface area contributed by atoms with Crippen LogP contribution in [0.1, 0.15) is 23.1 Å². The van der Waals surface area contributed by atoms with Crippen molar-refractivity contribution in [2.24, 2.45) is 0 Å². The van der Waals surface area contributed by atoms with Gasteiger partial charge in [0.15, 0.2) is 0 Å². The van der Waals surface area contributed by atoms with Gasteiger partial charge in [-0.2, -0.15) is 0 Å². The maximum absolute atomic E-state index is 5.49. The minimum Gasteiger partial charge on any atom is -1.00 e. The van der Waals surface area contributed by atoms with Crippen LogP contribution in [0, 0.1) is 20.8 Å². The fraction of sp³-hybridized carbons (Fsp3) is 0.611. The molecular weight excluding hydrogens is 400 g/mol. The van der Waals surface area contributed by atoms with Crippen LogP contribution in [0.15, 0.2) is 12.1 Å². The largest absolute Gasteiger partial charge is 1.00 e. The second-order valence-electron chi connectivity index (χ2n) is 6.49. The Kier molecular flexibility index (Phi) is 8.77. The lowest BCUT2D eigenvalue weighted by atomic mass is 10.0. The molecule has 1 heterocycles. The summed E-state index contributed by atoms with van der Waals surface area (Å²) in [6, 6.07) is 5.35. The van der Waals surface area contributed by atoms with Crippen molar-refractivity contribution in [3.8, 4) is 0 Å². The van der Waals surface area contributed by atoms with Crippen molar-refractivity contribution < 1.29 is 34.8 Å². The van der Waals surface area contributed by atoms with Gasteiger partial charge < -0.3 is 30.3 Å². The predicted molar refractivity (Wildman–Crippen MR) is 100 cm³/mol. The molecule has 0 aromatic heterocycles. The molecule has 0 radical (unpaired) electrons. The zero-order valence-electron chi connectivity index (χ0n) is 16.3. The van der Waals surface area contributed by atoms with Crippen LogP contribution in [-0.4, -0.2) is 60.7 Å². The van der Waals surface area contributed by atoms with Crippen LogP contribution in [0.2, 0.25) is 6.04 Å². The molecule has 0 spiro atoms. The molecule has 0 amide bonds. The number of anilines is 1. The van der Waals surface area contributed by atoms with Gasteiger partial charge in [-0.15, -0.1) is 0 Å². The SMILES string of the molecule is CO[Si](CCC[N+]1=CN(c2c(C)cc(C)cc2C)CC1)(OC)OC.[Br-]. The molecular formula is C18H31BrN2O3Si. The first kappa shape index (κ1) is 22.3. The molecule has 1 aliphatic heterocycles. The standard InChI is InChI=1S/C18H31N2O3Si.BrH/c1-15-12-16(2)18(17(3)13-15)20-10-9-19(14-20)8-7-11-24(21-4,22-5)23-6;/h12-14H,7-11H2,1-6H3;1H/q+1;/p-1. The molecule has 0 unspecified atom stereocenters. The highest BCUT2D eigenvalue weighted by Gasteiger charge is 2.37. The van der Waals surface area contributed by atoms with Gasteiger partial charge >= 0.3 is 8.80 Å². The van der Waals surface area contributed by atoms with E-state index in [0.717, 1.165) is 32.1 Å². The number of hydrogen-bond donors (Lipinski definition) is 0. The highest BCUT2D eigenvalue weighted by atomic mass is 79.9. The van der Waals surface area contributed by atoms with Gasteiger partial charge in [0.25, 0.3) is 0 Å². The molecule has 0 saturated heterocycles. The van der Waals surface area contributed by atoms with Crippen LogP contribution >= 0.6 is 0 Å². The average Bonchev–Trinajstić information content (AvgIpc) is 2.99. The Balaban J connectivity index is 0.00000312. The monoisotopic (exact) mass is 430 g/mol. The quantitative estimate of drug-likeness (QED) is 0.420. The Morgan fingerprint density at radius 2 is 1.60 bits per heavy atom. The van der Waals surface area contributed by atoms with E-state index >= 15 is 0 Å². The highest BCUT2D eigenvalue weighted by Crippen LogP contribution is 2.26. The van der Waals surface area contributed by atoms with E-state index in [9.17, 15) is 0 Å². The third-order valence-electron chi connectivity index (χ3n) is 4.71. The van der Waals surface area contributed by atoms with Crippen LogP contribution < -0.4 is 21.9 Å². The van der Waals surface area contributed by atoms with Crippen molar-refractivity contribution in [2.45, 2.75) is 33.2 Å². The minimum atomic E-state index is -2.45. The first-order valence-corrected chi connectivity index (χ1v) is 10.5. The predicted octanol–water partition coefficient (Wildman–Crippen LogP) is -0.255. The van der Waals surface area contributed by atoms with Crippen LogP contribution in [0.4, 0.5) is 5.69 Å². The lowest BCUT2D eigenvalue weighted by Gasteiger charge is -2.23. The van der Waals surface area contributed by atoms with Crippen molar-refractivity contribution >= 4 is 20.8 Å². The van der Waals surface area contributed by atoms with Gasteiger partial charge in [0.1, 0.15) is 18.8 Å². The van der Waals surface area contributed by atoms with Gasteiger partial charge in [-0.25, -0.2) is 4.90 Å². The number of nitrogens with zero attached hydrogens (tertiary/aromatic N) is 2.